The molecule has 0 aliphatic carbocycles. The lowest BCUT2D eigenvalue weighted by atomic mass is 9.83. The van der Waals surface area contributed by atoms with E-state index in [0.29, 0.717) is 38.8 Å². The van der Waals surface area contributed by atoms with Crippen LogP contribution in [0.5, 0.6) is 0 Å². The van der Waals surface area contributed by atoms with Gasteiger partial charge in [0.05, 0.1) is 15.1 Å². The summed E-state index contributed by atoms with van der Waals surface area (Å²) in [4.78, 5) is 0. The monoisotopic (exact) mass is 633 g/mol. The molecule has 9 aromatic carbocycles. The van der Waals surface area contributed by atoms with Crippen molar-refractivity contribution in [2.75, 3.05) is 0 Å². The molecule has 0 saturated carbocycles. The Balaban J connectivity index is 1.35. The Morgan fingerprint density at radius 1 is 0.388 bits per heavy atom. The van der Waals surface area contributed by atoms with E-state index in [1.165, 1.54) is 0 Å². The van der Waals surface area contributed by atoms with Crippen LogP contribution in [0.4, 0.5) is 0 Å². The Labute approximate surface area is 299 Å². The van der Waals surface area contributed by atoms with Crippen LogP contribution in [0.2, 0.25) is 0 Å². The second-order valence-corrected chi connectivity index (χ2v) is 11.9. The Hall–Kier alpha value is -6.44. The van der Waals surface area contributed by atoms with Crippen molar-refractivity contribution < 1.29 is 19.5 Å². The summed E-state index contributed by atoms with van der Waals surface area (Å²) >= 11 is 0. The van der Waals surface area contributed by atoms with Gasteiger partial charge in [0.2, 0.25) is 0 Å². The predicted octanol–water partition coefficient (Wildman–Crippen LogP) is 13.7. The molecule has 0 aliphatic rings. The third-order valence-electron chi connectivity index (χ3n) is 9.23. The molecule has 0 radical (unpaired) electrons. The fourth-order valence-electron chi connectivity index (χ4n) is 7.15. The SMILES string of the molecule is [2H]c1c([2H])c([2H])c(-c2ccc3oc4cccc(-c5c6ccccc6c(-c6c([2H])c(-c7ccccc7)c([2H])c7c([2H])c([2H])c([2H])c([2H])c67)c6ccccc56)c4c3c2)c([2H])c1[2H]. The highest BCUT2D eigenvalue weighted by Crippen LogP contribution is 2.48. The first kappa shape index (κ1) is 18.8. The van der Waals surface area contributed by atoms with Gasteiger partial charge in [0, 0.05) is 10.8 Å². The van der Waals surface area contributed by atoms with Gasteiger partial charge in [0.25, 0.3) is 0 Å². The fourth-order valence-corrected chi connectivity index (χ4v) is 7.15. The minimum atomic E-state index is -0.467. The molecular weight excluding hydrogens is 593 g/mol. The highest BCUT2D eigenvalue weighted by atomic mass is 16.3. The maximum Gasteiger partial charge on any atom is 0.136 e. The summed E-state index contributed by atoms with van der Waals surface area (Å²) in [6.07, 6.45) is 0. The molecule has 1 heteroatoms. The molecular formula is C48H30O. The summed E-state index contributed by atoms with van der Waals surface area (Å²) in [5.74, 6) is 0. The first-order chi connectivity index (χ1) is 28.9. The third kappa shape index (κ3) is 4.40. The molecule has 10 rings (SSSR count). The van der Waals surface area contributed by atoms with E-state index in [2.05, 4.69) is 0 Å². The van der Waals surface area contributed by atoms with Gasteiger partial charge in [-0.3, -0.25) is 0 Å². The molecule has 228 valence electrons. The standard InChI is InChI=1S/C48H30O/c1-3-14-31(15-4-1)33-26-27-44-43(29-33)48-41(24-13-25-45(48)49-44)46-37-20-9-11-22-39(37)47(40-23-12-10-21-38(40)46)42-30-35(32-16-5-2-6-17-32)28-34-18-7-8-19-36(34)42/h1-30H/i1D,3D,4D,7D,8D,14D,15D,18D,19D,28D,30D. The quantitative estimate of drug-likeness (QED) is 0.176. The van der Waals surface area contributed by atoms with Crippen LogP contribution in [0.15, 0.2) is 186 Å². The largest absolute Gasteiger partial charge is 0.456 e. The van der Waals surface area contributed by atoms with Gasteiger partial charge < -0.3 is 4.42 Å². The summed E-state index contributed by atoms with van der Waals surface area (Å²) in [5.41, 5.74) is 5.00. The molecule has 1 nitrogen and oxygen atoms in total. The molecule has 0 aliphatic heterocycles. The smallest absolute Gasteiger partial charge is 0.136 e. The highest BCUT2D eigenvalue weighted by Gasteiger charge is 2.21. The summed E-state index contributed by atoms with van der Waals surface area (Å²) in [7, 11) is 0. The molecule has 1 aromatic heterocycles. The van der Waals surface area contributed by atoms with Crippen molar-refractivity contribution in [1.29, 1.82) is 0 Å². The van der Waals surface area contributed by atoms with Gasteiger partial charge in [-0.1, -0.05) is 151 Å². The molecule has 0 spiro atoms. The molecule has 0 bridgehead atoms. The van der Waals surface area contributed by atoms with Gasteiger partial charge in [-0.25, -0.2) is 0 Å². The topological polar surface area (TPSA) is 13.1 Å². The first-order valence-corrected chi connectivity index (χ1v) is 16.0. The number of hydrogen-bond acceptors (Lipinski definition) is 1. The van der Waals surface area contributed by atoms with Gasteiger partial charge in [0.15, 0.2) is 0 Å². The maximum atomic E-state index is 9.89. The van der Waals surface area contributed by atoms with Crippen molar-refractivity contribution in [3.05, 3.63) is 182 Å². The summed E-state index contributed by atoms with van der Waals surface area (Å²) < 4.78 is 103. The second kappa shape index (κ2) is 11.1. The number of hydrogen-bond donors (Lipinski definition) is 0. The minimum Gasteiger partial charge on any atom is -0.456 e. The second-order valence-electron chi connectivity index (χ2n) is 11.9. The van der Waals surface area contributed by atoms with E-state index >= 15 is 0 Å². The normalized spacial score (nSPS) is 14.8. The van der Waals surface area contributed by atoms with Crippen molar-refractivity contribution in [1.82, 2.24) is 0 Å². The van der Waals surface area contributed by atoms with Gasteiger partial charge in [-0.15, -0.1) is 0 Å². The average molecular weight is 634 g/mol. The van der Waals surface area contributed by atoms with E-state index in [-0.39, 0.29) is 58.2 Å². The van der Waals surface area contributed by atoms with Crippen LogP contribution in [0.3, 0.4) is 0 Å². The van der Waals surface area contributed by atoms with Crippen molar-refractivity contribution in [3.8, 4) is 44.5 Å². The number of fused-ring (bicyclic) bond motifs is 6. The first-order valence-electron chi connectivity index (χ1n) is 21.5. The van der Waals surface area contributed by atoms with Crippen LogP contribution in [-0.2, 0) is 0 Å². The zero-order valence-corrected chi connectivity index (χ0v) is 25.9. The van der Waals surface area contributed by atoms with E-state index in [0.717, 1.165) is 38.1 Å². The van der Waals surface area contributed by atoms with Gasteiger partial charge in [-0.2, -0.15) is 0 Å². The van der Waals surface area contributed by atoms with E-state index in [1.807, 2.05) is 84.9 Å². The van der Waals surface area contributed by atoms with E-state index < -0.39 is 30.2 Å². The third-order valence-corrected chi connectivity index (χ3v) is 9.23. The van der Waals surface area contributed by atoms with Crippen molar-refractivity contribution >= 4 is 54.3 Å². The van der Waals surface area contributed by atoms with Crippen molar-refractivity contribution in [3.63, 3.8) is 0 Å². The number of furan rings is 1. The molecule has 49 heavy (non-hydrogen) atoms. The lowest BCUT2D eigenvalue weighted by molar-refractivity contribution is 0.669. The Kier molecular flexibility index (Phi) is 4.25. The Morgan fingerprint density at radius 2 is 1.04 bits per heavy atom. The molecule has 0 saturated heterocycles. The maximum absolute atomic E-state index is 9.89. The molecule has 0 N–H and O–H groups in total. The number of benzene rings is 9. The lowest BCUT2D eigenvalue weighted by Crippen LogP contribution is -1.93. The summed E-state index contributed by atoms with van der Waals surface area (Å²) in [5, 5.41) is 4.57. The predicted molar refractivity (Wildman–Crippen MR) is 208 cm³/mol. The van der Waals surface area contributed by atoms with Crippen molar-refractivity contribution in [2.45, 2.75) is 0 Å². The number of rotatable bonds is 4. The Morgan fingerprint density at radius 3 is 1.78 bits per heavy atom. The zero-order chi connectivity index (χ0) is 41.9. The summed E-state index contributed by atoms with van der Waals surface area (Å²) in [6.45, 7) is 0. The molecule has 0 unspecified atom stereocenters. The van der Waals surface area contributed by atoms with Gasteiger partial charge >= 0.3 is 0 Å². The van der Waals surface area contributed by atoms with Crippen LogP contribution in [0, 0.1) is 0 Å². The molecule has 0 atom stereocenters. The molecule has 10 aromatic rings. The molecule has 0 fully saturated rings. The van der Waals surface area contributed by atoms with E-state index in [4.69, 9.17) is 15.4 Å². The van der Waals surface area contributed by atoms with E-state index in [9.17, 15) is 4.11 Å². The van der Waals surface area contributed by atoms with Crippen LogP contribution < -0.4 is 0 Å². The van der Waals surface area contributed by atoms with E-state index in [1.54, 1.807) is 30.3 Å². The van der Waals surface area contributed by atoms with Crippen LogP contribution in [0.1, 0.15) is 15.1 Å². The highest BCUT2D eigenvalue weighted by molar-refractivity contribution is 6.27. The van der Waals surface area contributed by atoms with Crippen LogP contribution >= 0.6 is 0 Å². The lowest BCUT2D eigenvalue weighted by Gasteiger charge is -2.20. The Bertz CT molecular complexity index is 3420. The summed E-state index contributed by atoms with van der Waals surface area (Å²) in [6, 6.07) is 31.8. The fraction of sp³-hybridized carbons (Fsp3) is 0. The zero-order valence-electron chi connectivity index (χ0n) is 36.9. The minimum absolute atomic E-state index is 0.0325. The van der Waals surface area contributed by atoms with Gasteiger partial charge in [0.1, 0.15) is 11.2 Å². The van der Waals surface area contributed by atoms with Crippen LogP contribution in [-0.4, -0.2) is 0 Å². The van der Waals surface area contributed by atoms with Crippen LogP contribution in [0.25, 0.3) is 98.8 Å². The average Bonchev–Trinajstić information content (AvgIpc) is 3.64. The van der Waals surface area contributed by atoms with Gasteiger partial charge in [-0.05, 0) is 107 Å². The molecule has 0 amide bonds. The molecule has 1 heterocycles. The van der Waals surface area contributed by atoms with Crippen molar-refractivity contribution in [2.24, 2.45) is 0 Å².